The first-order valence-electron chi connectivity index (χ1n) is 12.1. The highest BCUT2D eigenvalue weighted by molar-refractivity contribution is 6.11. The summed E-state index contributed by atoms with van der Waals surface area (Å²) in [5.41, 5.74) is 1.90. The minimum absolute atomic E-state index is 0.0191. The number of rotatable bonds is 5. The fraction of sp³-hybridized carbons (Fsp3) is 0.370. The second-order valence-corrected chi connectivity index (χ2v) is 9.04. The van der Waals surface area contributed by atoms with Gasteiger partial charge in [0.05, 0.1) is 25.6 Å². The second kappa shape index (κ2) is 10.3. The molecule has 2 saturated heterocycles. The smallest absolute Gasteiger partial charge is 0.291 e. The van der Waals surface area contributed by atoms with Crippen molar-refractivity contribution < 1.29 is 23.5 Å². The third-order valence-electron chi connectivity index (χ3n) is 6.68. The van der Waals surface area contributed by atoms with Crippen LogP contribution in [-0.4, -0.2) is 66.9 Å². The lowest BCUT2D eigenvalue weighted by molar-refractivity contribution is -0.133. The van der Waals surface area contributed by atoms with Gasteiger partial charge in [-0.05, 0) is 30.5 Å². The van der Waals surface area contributed by atoms with Crippen molar-refractivity contribution in [3.05, 3.63) is 65.9 Å². The van der Waals surface area contributed by atoms with E-state index in [0.29, 0.717) is 68.9 Å². The van der Waals surface area contributed by atoms with Crippen LogP contribution in [0.2, 0.25) is 0 Å². The number of carbonyl (C=O) groups excluding carboxylic acids is 3. The number of piperidine rings is 1. The summed E-state index contributed by atoms with van der Waals surface area (Å²) in [7, 11) is 0. The average molecular weight is 476 g/mol. The van der Waals surface area contributed by atoms with Crippen LogP contribution in [0.25, 0.3) is 11.0 Å². The predicted molar refractivity (Wildman–Crippen MR) is 131 cm³/mol. The van der Waals surface area contributed by atoms with Gasteiger partial charge in [-0.25, -0.2) is 0 Å². The zero-order valence-corrected chi connectivity index (χ0v) is 19.6. The molecular weight excluding hydrogens is 446 g/mol. The molecule has 3 heterocycles. The van der Waals surface area contributed by atoms with E-state index >= 15 is 0 Å². The molecule has 0 bridgehead atoms. The summed E-state index contributed by atoms with van der Waals surface area (Å²) in [6.07, 6.45) is 1.76. The molecule has 2 aliphatic rings. The van der Waals surface area contributed by atoms with Gasteiger partial charge in [-0.2, -0.15) is 0 Å². The van der Waals surface area contributed by atoms with Crippen molar-refractivity contribution in [1.29, 1.82) is 0 Å². The molecule has 1 atom stereocenters. The maximum atomic E-state index is 13.4. The van der Waals surface area contributed by atoms with E-state index in [4.69, 9.17) is 9.15 Å². The molecule has 0 spiro atoms. The molecule has 0 aliphatic carbocycles. The third kappa shape index (κ3) is 5.07. The molecule has 35 heavy (non-hydrogen) atoms. The molecule has 8 heteroatoms. The summed E-state index contributed by atoms with van der Waals surface area (Å²) in [5.74, 6) is -0.670. The van der Waals surface area contributed by atoms with Crippen molar-refractivity contribution in [3.63, 3.8) is 0 Å². The number of nitrogens with zero attached hydrogens (tertiary/aromatic N) is 2. The Morgan fingerprint density at radius 2 is 1.66 bits per heavy atom. The van der Waals surface area contributed by atoms with Crippen LogP contribution in [0.4, 0.5) is 5.69 Å². The Balaban J connectivity index is 1.32. The van der Waals surface area contributed by atoms with E-state index in [2.05, 4.69) is 5.32 Å². The number of hydrogen-bond acceptors (Lipinski definition) is 5. The predicted octanol–water partition coefficient (Wildman–Crippen LogP) is 3.33. The molecule has 5 rings (SSSR count). The Labute approximate surface area is 203 Å². The first-order chi connectivity index (χ1) is 17.1. The van der Waals surface area contributed by atoms with Crippen molar-refractivity contribution in [2.75, 3.05) is 44.7 Å². The van der Waals surface area contributed by atoms with Gasteiger partial charge >= 0.3 is 0 Å². The number of fused-ring (bicyclic) bond motifs is 1. The van der Waals surface area contributed by atoms with Crippen molar-refractivity contribution in [3.8, 4) is 0 Å². The largest absolute Gasteiger partial charge is 0.449 e. The van der Waals surface area contributed by atoms with Crippen LogP contribution in [0.3, 0.4) is 0 Å². The van der Waals surface area contributed by atoms with Gasteiger partial charge in [-0.3, -0.25) is 14.4 Å². The van der Waals surface area contributed by atoms with E-state index < -0.39 is 0 Å². The normalized spacial score (nSPS) is 18.5. The Hall–Kier alpha value is -3.65. The monoisotopic (exact) mass is 475 g/mol. The van der Waals surface area contributed by atoms with Crippen LogP contribution < -0.4 is 5.32 Å². The van der Waals surface area contributed by atoms with Gasteiger partial charge in [-0.1, -0.05) is 42.5 Å². The Morgan fingerprint density at radius 3 is 2.46 bits per heavy atom. The number of ether oxygens (including phenoxy) is 1. The molecule has 2 fully saturated rings. The van der Waals surface area contributed by atoms with E-state index in [9.17, 15) is 14.4 Å². The Kier molecular flexibility index (Phi) is 6.81. The van der Waals surface area contributed by atoms with Gasteiger partial charge in [0, 0.05) is 31.6 Å². The van der Waals surface area contributed by atoms with Crippen LogP contribution in [0, 0.1) is 5.92 Å². The molecule has 3 amide bonds. The standard InChI is InChI=1S/C27H29N3O5/c31-23(17-19-7-2-1-3-8-19)30-12-6-9-20(18-30)26(32)28-24-21-10-4-5-11-22(21)35-25(24)27(33)29-13-15-34-16-14-29/h1-5,7-8,10-11,20H,6,9,12-18H2,(H,28,32). The number of nitrogens with one attached hydrogen (secondary N) is 1. The molecule has 3 aromatic rings. The highest BCUT2D eigenvalue weighted by Gasteiger charge is 2.32. The van der Waals surface area contributed by atoms with Gasteiger partial charge in [0.1, 0.15) is 11.3 Å². The minimum Gasteiger partial charge on any atom is -0.449 e. The first kappa shape index (κ1) is 23.1. The Morgan fingerprint density at radius 1 is 0.914 bits per heavy atom. The molecule has 0 radical (unpaired) electrons. The SMILES string of the molecule is O=C(Nc1c(C(=O)N2CCOCC2)oc2ccccc12)C1CCCN(C(=O)Cc2ccccc2)C1. The zero-order chi connectivity index (χ0) is 24.2. The fourth-order valence-electron chi connectivity index (χ4n) is 4.76. The van der Waals surface area contributed by atoms with Gasteiger partial charge in [-0.15, -0.1) is 0 Å². The van der Waals surface area contributed by atoms with Crippen LogP contribution in [0.1, 0.15) is 29.0 Å². The number of para-hydroxylation sites is 1. The number of benzene rings is 2. The summed E-state index contributed by atoms with van der Waals surface area (Å²) < 4.78 is 11.3. The van der Waals surface area contributed by atoms with E-state index in [1.807, 2.05) is 48.5 Å². The molecule has 8 nitrogen and oxygen atoms in total. The molecular formula is C27H29N3O5. The summed E-state index contributed by atoms with van der Waals surface area (Å²) in [5, 5.41) is 3.67. The number of hydrogen-bond donors (Lipinski definition) is 1. The molecule has 2 aliphatic heterocycles. The molecule has 1 unspecified atom stereocenters. The van der Waals surface area contributed by atoms with Gasteiger partial charge in [0.15, 0.2) is 0 Å². The van der Waals surface area contributed by atoms with Gasteiger partial charge in [0.2, 0.25) is 17.6 Å². The lowest BCUT2D eigenvalue weighted by Crippen LogP contribution is -2.44. The number of likely N-dealkylation sites (tertiary alicyclic amines) is 1. The number of carbonyl (C=O) groups is 3. The average Bonchev–Trinajstić information content (AvgIpc) is 3.27. The molecule has 1 N–H and O–H groups in total. The fourth-order valence-corrected chi connectivity index (χ4v) is 4.76. The second-order valence-electron chi connectivity index (χ2n) is 9.04. The quantitative estimate of drug-likeness (QED) is 0.611. The van der Waals surface area contributed by atoms with Crippen LogP contribution >= 0.6 is 0 Å². The summed E-state index contributed by atoms with van der Waals surface area (Å²) in [6, 6.07) is 16.9. The first-order valence-corrected chi connectivity index (χ1v) is 12.1. The maximum Gasteiger partial charge on any atom is 0.291 e. The van der Waals surface area contributed by atoms with E-state index in [1.54, 1.807) is 15.9 Å². The van der Waals surface area contributed by atoms with E-state index in [-0.39, 0.29) is 29.4 Å². The van der Waals surface area contributed by atoms with Crippen molar-refractivity contribution >= 4 is 34.4 Å². The van der Waals surface area contributed by atoms with Crippen molar-refractivity contribution in [2.45, 2.75) is 19.3 Å². The van der Waals surface area contributed by atoms with Gasteiger partial charge in [0.25, 0.3) is 5.91 Å². The molecule has 0 saturated carbocycles. The summed E-state index contributed by atoms with van der Waals surface area (Å²) in [6.45, 7) is 2.91. The molecule has 2 aromatic carbocycles. The summed E-state index contributed by atoms with van der Waals surface area (Å²) >= 11 is 0. The highest BCUT2D eigenvalue weighted by Crippen LogP contribution is 2.33. The van der Waals surface area contributed by atoms with Crippen LogP contribution in [0.5, 0.6) is 0 Å². The maximum absolute atomic E-state index is 13.4. The topological polar surface area (TPSA) is 92.1 Å². The van der Waals surface area contributed by atoms with E-state index in [1.165, 1.54) is 0 Å². The third-order valence-corrected chi connectivity index (χ3v) is 6.68. The highest BCUT2D eigenvalue weighted by atomic mass is 16.5. The van der Waals surface area contributed by atoms with Crippen LogP contribution in [-0.2, 0) is 20.7 Å². The van der Waals surface area contributed by atoms with Crippen molar-refractivity contribution in [1.82, 2.24) is 9.80 Å². The van der Waals surface area contributed by atoms with Crippen LogP contribution in [0.15, 0.2) is 59.0 Å². The minimum atomic E-state index is -0.358. The number of morpholine rings is 1. The molecule has 1 aromatic heterocycles. The molecule has 182 valence electrons. The van der Waals surface area contributed by atoms with Crippen molar-refractivity contribution in [2.24, 2.45) is 5.92 Å². The van der Waals surface area contributed by atoms with Gasteiger partial charge < -0.3 is 24.3 Å². The van der Waals surface area contributed by atoms with E-state index in [0.717, 1.165) is 12.0 Å². The lowest BCUT2D eigenvalue weighted by Gasteiger charge is -2.32. The zero-order valence-electron chi connectivity index (χ0n) is 19.6. The lowest BCUT2D eigenvalue weighted by atomic mass is 9.96. The number of furan rings is 1. The Bertz CT molecular complexity index is 1220. The number of amides is 3. The number of anilines is 1. The summed E-state index contributed by atoms with van der Waals surface area (Å²) in [4.78, 5) is 42.9.